The Morgan fingerprint density at radius 1 is 1.13 bits per heavy atom. The molecule has 1 unspecified atom stereocenters. The van der Waals surface area contributed by atoms with E-state index in [9.17, 15) is 22.0 Å². The molecule has 1 fully saturated rings. The standard InChI is InChI=1S/C14H25F5N2O2/c1-5-12(6-2,23-4)10-20-9-11(13(15,16)17)21(7-8-22-3)14(20,18)19/h11H,5-10H2,1-4H3. The number of alkyl halides is 5. The van der Waals surface area contributed by atoms with Gasteiger partial charge < -0.3 is 9.47 Å². The minimum Gasteiger partial charge on any atom is -0.383 e. The van der Waals surface area contributed by atoms with Crippen LogP contribution in [0.15, 0.2) is 0 Å². The van der Waals surface area contributed by atoms with Crippen molar-refractivity contribution in [3.05, 3.63) is 0 Å². The molecule has 0 aromatic carbocycles. The van der Waals surface area contributed by atoms with Crippen LogP contribution in [0.5, 0.6) is 0 Å². The lowest BCUT2D eigenvalue weighted by molar-refractivity contribution is -0.254. The topological polar surface area (TPSA) is 24.9 Å². The van der Waals surface area contributed by atoms with Gasteiger partial charge in [0.05, 0.1) is 12.2 Å². The van der Waals surface area contributed by atoms with Crippen molar-refractivity contribution in [3.63, 3.8) is 0 Å². The van der Waals surface area contributed by atoms with E-state index in [0.29, 0.717) is 17.7 Å². The number of hydrogen-bond acceptors (Lipinski definition) is 4. The summed E-state index contributed by atoms with van der Waals surface area (Å²) in [5.74, 6) is 0. The summed E-state index contributed by atoms with van der Waals surface area (Å²) in [4.78, 5) is 0.736. The van der Waals surface area contributed by atoms with Gasteiger partial charge in [-0.15, -0.1) is 0 Å². The van der Waals surface area contributed by atoms with Crippen LogP contribution in [-0.2, 0) is 9.47 Å². The summed E-state index contributed by atoms with van der Waals surface area (Å²) in [6.45, 7) is 1.79. The van der Waals surface area contributed by atoms with Crippen molar-refractivity contribution in [2.45, 2.75) is 50.7 Å². The van der Waals surface area contributed by atoms with Crippen molar-refractivity contribution in [1.29, 1.82) is 0 Å². The maximum atomic E-state index is 14.6. The number of halogens is 5. The minimum absolute atomic E-state index is 0.169. The zero-order chi connectivity index (χ0) is 17.9. The second kappa shape index (κ2) is 7.58. The second-order valence-corrected chi connectivity index (χ2v) is 5.73. The van der Waals surface area contributed by atoms with Gasteiger partial charge >= 0.3 is 12.3 Å². The van der Waals surface area contributed by atoms with E-state index in [2.05, 4.69) is 4.74 Å². The molecule has 0 spiro atoms. The Morgan fingerprint density at radius 3 is 2.09 bits per heavy atom. The summed E-state index contributed by atoms with van der Waals surface area (Å²) in [6.07, 6.45) is -7.57. The molecule has 4 nitrogen and oxygen atoms in total. The second-order valence-electron chi connectivity index (χ2n) is 5.73. The zero-order valence-electron chi connectivity index (χ0n) is 13.9. The minimum atomic E-state index is -4.74. The maximum Gasteiger partial charge on any atom is 0.405 e. The van der Waals surface area contributed by atoms with E-state index in [1.807, 2.05) is 0 Å². The van der Waals surface area contributed by atoms with Crippen molar-refractivity contribution in [1.82, 2.24) is 9.80 Å². The van der Waals surface area contributed by atoms with Gasteiger partial charge in [-0.3, -0.25) is 0 Å². The molecule has 0 N–H and O–H groups in total. The zero-order valence-corrected chi connectivity index (χ0v) is 13.9. The molecule has 9 heteroatoms. The third-order valence-electron chi connectivity index (χ3n) is 4.61. The Morgan fingerprint density at radius 2 is 1.70 bits per heavy atom. The van der Waals surface area contributed by atoms with Crippen molar-refractivity contribution < 1.29 is 31.4 Å². The highest BCUT2D eigenvalue weighted by molar-refractivity contribution is 4.97. The van der Waals surface area contributed by atoms with Crippen LogP contribution in [0, 0.1) is 0 Å². The molecule has 23 heavy (non-hydrogen) atoms. The predicted molar refractivity (Wildman–Crippen MR) is 75.3 cm³/mol. The predicted octanol–water partition coefficient (Wildman–Crippen LogP) is 2.94. The molecule has 0 amide bonds. The molecule has 1 heterocycles. The number of rotatable bonds is 8. The Hall–Kier alpha value is -0.510. The highest BCUT2D eigenvalue weighted by Gasteiger charge is 2.62. The molecule has 0 aliphatic carbocycles. The van der Waals surface area contributed by atoms with E-state index in [-0.39, 0.29) is 18.1 Å². The summed E-state index contributed by atoms with van der Waals surface area (Å²) in [5.41, 5.74) is -0.892. The number of hydrogen-bond donors (Lipinski definition) is 0. The van der Waals surface area contributed by atoms with Crippen LogP contribution in [0.4, 0.5) is 22.0 Å². The Kier molecular flexibility index (Phi) is 6.77. The van der Waals surface area contributed by atoms with E-state index in [4.69, 9.17) is 4.74 Å². The van der Waals surface area contributed by atoms with Gasteiger partial charge in [-0.05, 0) is 12.8 Å². The van der Waals surface area contributed by atoms with Crippen molar-refractivity contribution >= 4 is 0 Å². The molecule has 1 aliphatic heterocycles. The van der Waals surface area contributed by atoms with Crippen LogP contribution >= 0.6 is 0 Å². The van der Waals surface area contributed by atoms with Crippen molar-refractivity contribution in [2.24, 2.45) is 0 Å². The van der Waals surface area contributed by atoms with Crippen LogP contribution < -0.4 is 0 Å². The molecule has 0 radical (unpaired) electrons. The first-order valence-corrected chi connectivity index (χ1v) is 7.58. The van der Waals surface area contributed by atoms with E-state index >= 15 is 0 Å². The lowest BCUT2D eigenvalue weighted by Crippen LogP contribution is -2.54. The fraction of sp³-hybridized carbons (Fsp3) is 1.00. The molecule has 138 valence electrons. The van der Waals surface area contributed by atoms with Crippen molar-refractivity contribution in [2.75, 3.05) is 40.5 Å². The lowest BCUT2D eigenvalue weighted by Gasteiger charge is -2.37. The van der Waals surface area contributed by atoms with E-state index in [1.54, 1.807) is 13.8 Å². The average Bonchev–Trinajstić information content (AvgIpc) is 2.73. The van der Waals surface area contributed by atoms with Crippen LogP contribution in [0.2, 0.25) is 0 Å². The first-order chi connectivity index (χ1) is 10.6. The molecular formula is C14H25F5N2O2. The number of ether oxygens (including phenoxy) is 2. The first-order valence-electron chi connectivity index (χ1n) is 7.58. The van der Waals surface area contributed by atoms with Crippen LogP contribution in [0.3, 0.4) is 0 Å². The smallest absolute Gasteiger partial charge is 0.383 e. The number of methoxy groups -OCH3 is 2. The number of nitrogens with zero attached hydrogens (tertiary/aromatic N) is 2. The molecule has 1 aliphatic rings. The molecule has 0 aromatic rings. The summed E-state index contributed by atoms with van der Waals surface area (Å²) in [5, 5.41) is 0. The Bertz CT molecular complexity index is 366. The molecule has 1 atom stereocenters. The fourth-order valence-electron chi connectivity index (χ4n) is 2.88. The molecule has 0 bridgehead atoms. The van der Waals surface area contributed by atoms with Gasteiger partial charge in [0.2, 0.25) is 0 Å². The summed E-state index contributed by atoms with van der Waals surface area (Å²) in [6, 6.07) is -2.23. The third kappa shape index (κ3) is 4.32. The van der Waals surface area contributed by atoms with Crippen LogP contribution in [0.25, 0.3) is 0 Å². The van der Waals surface area contributed by atoms with Gasteiger partial charge in [0.25, 0.3) is 0 Å². The summed E-state index contributed by atoms with van der Waals surface area (Å²) >= 11 is 0. The van der Waals surface area contributed by atoms with Crippen LogP contribution in [0.1, 0.15) is 26.7 Å². The van der Waals surface area contributed by atoms with E-state index in [0.717, 1.165) is 0 Å². The molecule has 1 rings (SSSR count). The first kappa shape index (κ1) is 20.5. The Balaban J connectivity index is 3.05. The molecule has 0 aromatic heterocycles. The lowest BCUT2D eigenvalue weighted by atomic mass is 9.96. The van der Waals surface area contributed by atoms with Gasteiger partial charge in [-0.25, -0.2) is 9.80 Å². The fourth-order valence-corrected chi connectivity index (χ4v) is 2.88. The highest BCUT2D eigenvalue weighted by Crippen LogP contribution is 2.41. The summed E-state index contributed by atoms with van der Waals surface area (Å²) < 4.78 is 78.6. The van der Waals surface area contributed by atoms with Gasteiger partial charge in [-0.1, -0.05) is 13.8 Å². The largest absolute Gasteiger partial charge is 0.405 e. The highest BCUT2D eigenvalue weighted by atomic mass is 19.4. The average molecular weight is 348 g/mol. The van der Waals surface area contributed by atoms with E-state index in [1.165, 1.54) is 14.2 Å². The SMILES string of the molecule is CCC(CC)(CN1CC(C(F)(F)F)N(CCOC)C1(F)F)OC. The van der Waals surface area contributed by atoms with Gasteiger partial charge in [-0.2, -0.15) is 22.0 Å². The van der Waals surface area contributed by atoms with Gasteiger partial charge in [0.1, 0.15) is 6.04 Å². The van der Waals surface area contributed by atoms with Gasteiger partial charge in [0, 0.05) is 33.9 Å². The quantitative estimate of drug-likeness (QED) is 0.497. The van der Waals surface area contributed by atoms with E-state index < -0.39 is 37.1 Å². The van der Waals surface area contributed by atoms with Crippen LogP contribution in [-0.4, -0.2) is 74.3 Å². The Labute approximate surface area is 133 Å². The molecular weight excluding hydrogens is 323 g/mol. The monoisotopic (exact) mass is 348 g/mol. The normalized spacial score (nSPS) is 23.6. The summed E-state index contributed by atoms with van der Waals surface area (Å²) in [7, 11) is 2.66. The van der Waals surface area contributed by atoms with Gasteiger partial charge in [0.15, 0.2) is 0 Å². The third-order valence-corrected chi connectivity index (χ3v) is 4.61. The maximum absolute atomic E-state index is 14.6. The van der Waals surface area contributed by atoms with Crippen molar-refractivity contribution in [3.8, 4) is 0 Å². The molecule has 0 saturated carbocycles. The molecule has 1 saturated heterocycles.